The first-order valence-corrected chi connectivity index (χ1v) is 6.58. The molecule has 19 heavy (non-hydrogen) atoms. The summed E-state index contributed by atoms with van der Waals surface area (Å²) < 4.78 is 5.61. The summed E-state index contributed by atoms with van der Waals surface area (Å²) in [5, 5.41) is 0.515. The topological polar surface area (TPSA) is 81.6 Å². The summed E-state index contributed by atoms with van der Waals surface area (Å²) in [6, 6.07) is 5.05. The normalized spacial score (nSPS) is 21.2. The van der Waals surface area contributed by atoms with Gasteiger partial charge in [-0.2, -0.15) is 0 Å². The third-order valence-electron chi connectivity index (χ3n) is 3.25. The van der Waals surface area contributed by atoms with Crippen LogP contribution < -0.4 is 16.4 Å². The van der Waals surface area contributed by atoms with Crippen molar-refractivity contribution in [3.05, 3.63) is 28.8 Å². The lowest BCUT2D eigenvalue weighted by Crippen LogP contribution is -2.49. The smallest absolute Gasteiger partial charge is 0.248 e. The minimum absolute atomic E-state index is 0.0133. The fourth-order valence-electron chi connectivity index (χ4n) is 2.13. The Morgan fingerprint density at radius 2 is 2.32 bits per heavy atom. The van der Waals surface area contributed by atoms with E-state index in [0.717, 1.165) is 12.2 Å². The first kappa shape index (κ1) is 14.1. The summed E-state index contributed by atoms with van der Waals surface area (Å²) in [6.07, 6.45) is -0.0133. The van der Waals surface area contributed by atoms with Gasteiger partial charge < -0.3 is 21.1 Å². The lowest BCUT2D eigenvalue weighted by Gasteiger charge is -2.36. The molecule has 0 spiro atoms. The summed E-state index contributed by atoms with van der Waals surface area (Å²) >= 11 is 6.21. The molecule has 0 bridgehead atoms. The van der Waals surface area contributed by atoms with Crippen LogP contribution in [-0.4, -0.2) is 37.7 Å². The van der Waals surface area contributed by atoms with Crippen LogP contribution in [-0.2, 0) is 4.74 Å². The number of benzene rings is 1. The number of amides is 1. The molecule has 1 fully saturated rings. The zero-order chi connectivity index (χ0) is 14.0. The predicted octanol–water partition coefficient (Wildman–Crippen LogP) is 0.991. The fraction of sp³-hybridized carbons (Fsp3) is 0.462. The third kappa shape index (κ3) is 3.18. The standard InChI is InChI=1S/C13H18ClN3O2/c1-8(15)12-7-17(4-5-19-12)11-3-2-9(13(16)18)6-10(11)14/h2-3,6,8,12H,4-5,7,15H2,1H3,(H2,16,18). The highest BCUT2D eigenvalue weighted by atomic mass is 35.5. The van der Waals surface area contributed by atoms with Crippen molar-refractivity contribution in [1.29, 1.82) is 0 Å². The summed E-state index contributed by atoms with van der Waals surface area (Å²) in [6.45, 7) is 3.97. The Labute approximate surface area is 117 Å². The quantitative estimate of drug-likeness (QED) is 0.867. The van der Waals surface area contributed by atoms with E-state index in [-0.39, 0.29) is 12.1 Å². The highest BCUT2D eigenvalue weighted by Gasteiger charge is 2.24. The van der Waals surface area contributed by atoms with Crippen LogP contribution in [0.5, 0.6) is 0 Å². The summed E-state index contributed by atoms with van der Waals surface area (Å²) in [5.41, 5.74) is 12.4. The molecule has 1 aromatic carbocycles. The highest BCUT2D eigenvalue weighted by molar-refractivity contribution is 6.33. The maximum absolute atomic E-state index is 11.1. The molecule has 0 aliphatic carbocycles. The zero-order valence-electron chi connectivity index (χ0n) is 10.8. The molecule has 2 unspecified atom stereocenters. The number of nitrogens with zero attached hydrogens (tertiary/aromatic N) is 1. The van der Waals surface area contributed by atoms with Crippen LogP contribution in [0.1, 0.15) is 17.3 Å². The van der Waals surface area contributed by atoms with E-state index < -0.39 is 5.91 Å². The Balaban J connectivity index is 2.19. The SMILES string of the molecule is CC(N)C1CN(c2ccc(C(N)=O)cc2Cl)CCO1. The van der Waals surface area contributed by atoms with Crippen LogP contribution in [0.4, 0.5) is 5.69 Å². The predicted molar refractivity (Wildman–Crippen MR) is 75.6 cm³/mol. The van der Waals surface area contributed by atoms with Gasteiger partial charge >= 0.3 is 0 Å². The van der Waals surface area contributed by atoms with Crippen LogP contribution in [0.25, 0.3) is 0 Å². The Kier molecular flexibility index (Phi) is 4.29. The number of hydrogen-bond donors (Lipinski definition) is 2. The van der Waals surface area contributed by atoms with Gasteiger partial charge in [0.2, 0.25) is 5.91 Å². The van der Waals surface area contributed by atoms with Crippen LogP contribution in [0, 0.1) is 0 Å². The number of primary amides is 1. The molecule has 5 nitrogen and oxygen atoms in total. The first-order valence-electron chi connectivity index (χ1n) is 6.20. The molecule has 1 saturated heterocycles. The third-order valence-corrected chi connectivity index (χ3v) is 3.56. The summed E-state index contributed by atoms with van der Waals surface area (Å²) in [7, 11) is 0. The molecule has 1 aliphatic heterocycles. The van der Waals surface area contributed by atoms with Crippen LogP contribution >= 0.6 is 11.6 Å². The van der Waals surface area contributed by atoms with Crippen LogP contribution in [0.15, 0.2) is 18.2 Å². The Hall–Kier alpha value is -1.30. The van der Waals surface area contributed by atoms with Crippen molar-refractivity contribution in [1.82, 2.24) is 0 Å². The van der Waals surface area contributed by atoms with Gasteiger partial charge in [0, 0.05) is 24.7 Å². The molecule has 104 valence electrons. The molecule has 1 heterocycles. The molecule has 1 aromatic rings. The van der Waals surface area contributed by atoms with Crippen molar-refractivity contribution in [2.24, 2.45) is 11.5 Å². The largest absolute Gasteiger partial charge is 0.373 e. The number of carbonyl (C=O) groups excluding carboxylic acids is 1. The van der Waals surface area contributed by atoms with E-state index in [1.165, 1.54) is 0 Å². The van der Waals surface area contributed by atoms with E-state index in [9.17, 15) is 4.79 Å². The van der Waals surface area contributed by atoms with E-state index in [1.54, 1.807) is 12.1 Å². The van der Waals surface area contributed by atoms with E-state index in [4.69, 9.17) is 27.8 Å². The average molecular weight is 284 g/mol. The molecular formula is C13H18ClN3O2. The number of ether oxygens (including phenoxy) is 1. The molecule has 4 N–H and O–H groups in total. The van der Waals surface area contributed by atoms with Gasteiger partial charge in [-0.05, 0) is 25.1 Å². The van der Waals surface area contributed by atoms with Crippen molar-refractivity contribution in [2.45, 2.75) is 19.1 Å². The van der Waals surface area contributed by atoms with Crippen molar-refractivity contribution in [2.75, 3.05) is 24.6 Å². The number of morpholine rings is 1. The number of anilines is 1. The van der Waals surface area contributed by atoms with Gasteiger partial charge in [0.05, 0.1) is 23.4 Å². The summed E-state index contributed by atoms with van der Waals surface area (Å²) in [5.74, 6) is -0.483. The monoisotopic (exact) mass is 283 g/mol. The molecule has 0 aromatic heterocycles. The molecular weight excluding hydrogens is 266 g/mol. The summed E-state index contributed by atoms with van der Waals surface area (Å²) in [4.78, 5) is 13.2. The average Bonchev–Trinajstić information content (AvgIpc) is 2.38. The lowest BCUT2D eigenvalue weighted by molar-refractivity contribution is 0.0276. The minimum atomic E-state index is -0.483. The van der Waals surface area contributed by atoms with Crippen LogP contribution in [0.2, 0.25) is 5.02 Å². The van der Waals surface area contributed by atoms with E-state index >= 15 is 0 Å². The molecule has 2 atom stereocenters. The van der Waals surface area contributed by atoms with Gasteiger partial charge in [-0.1, -0.05) is 11.6 Å². The Morgan fingerprint density at radius 1 is 1.58 bits per heavy atom. The second-order valence-electron chi connectivity index (χ2n) is 4.74. The van der Waals surface area contributed by atoms with E-state index in [0.29, 0.717) is 23.7 Å². The fourth-order valence-corrected chi connectivity index (χ4v) is 2.43. The Bertz CT molecular complexity index is 479. The zero-order valence-corrected chi connectivity index (χ0v) is 11.6. The minimum Gasteiger partial charge on any atom is -0.373 e. The maximum Gasteiger partial charge on any atom is 0.248 e. The van der Waals surface area contributed by atoms with Gasteiger partial charge in [0.15, 0.2) is 0 Å². The van der Waals surface area contributed by atoms with E-state index in [1.807, 2.05) is 13.0 Å². The number of halogens is 1. The van der Waals surface area contributed by atoms with Crippen LogP contribution in [0.3, 0.4) is 0 Å². The van der Waals surface area contributed by atoms with Gasteiger partial charge in [0.25, 0.3) is 0 Å². The molecule has 1 amide bonds. The molecule has 0 saturated carbocycles. The number of rotatable bonds is 3. The van der Waals surface area contributed by atoms with Crippen molar-refractivity contribution >= 4 is 23.2 Å². The second-order valence-corrected chi connectivity index (χ2v) is 5.15. The highest BCUT2D eigenvalue weighted by Crippen LogP contribution is 2.28. The molecule has 0 radical (unpaired) electrons. The van der Waals surface area contributed by atoms with Gasteiger partial charge in [-0.3, -0.25) is 4.79 Å². The number of nitrogens with two attached hydrogens (primary N) is 2. The van der Waals surface area contributed by atoms with Gasteiger partial charge in [-0.15, -0.1) is 0 Å². The number of carbonyl (C=O) groups is 1. The van der Waals surface area contributed by atoms with Gasteiger partial charge in [0.1, 0.15) is 0 Å². The van der Waals surface area contributed by atoms with Crippen molar-refractivity contribution in [3.63, 3.8) is 0 Å². The molecule has 6 heteroatoms. The first-order chi connectivity index (χ1) is 8.99. The Morgan fingerprint density at radius 3 is 2.89 bits per heavy atom. The molecule has 1 aliphatic rings. The number of hydrogen-bond acceptors (Lipinski definition) is 4. The van der Waals surface area contributed by atoms with E-state index in [2.05, 4.69) is 4.90 Å². The van der Waals surface area contributed by atoms with Crippen molar-refractivity contribution in [3.8, 4) is 0 Å². The maximum atomic E-state index is 11.1. The van der Waals surface area contributed by atoms with Crippen molar-refractivity contribution < 1.29 is 9.53 Å². The molecule has 2 rings (SSSR count). The van der Waals surface area contributed by atoms with Gasteiger partial charge in [-0.25, -0.2) is 0 Å². The lowest BCUT2D eigenvalue weighted by atomic mass is 10.1. The second kappa shape index (κ2) is 5.77.